The summed E-state index contributed by atoms with van der Waals surface area (Å²) in [5, 5.41) is 6.30. The smallest absolute Gasteiger partial charge is 0.291 e. The zero-order chi connectivity index (χ0) is 15.4. The molecule has 6 nitrogen and oxygen atoms in total. The summed E-state index contributed by atoms with van der Waals surface area (Å²) in [6.45, 7) is 1.59. The number of H-pyrrole nitrogens is 1. The zero-order valence-corrected chi connectivity index (χ0v) is 12.0. The van der Waals surface area contributed by atoms with E-state index in [1.807, 2.05) is 0 Å². The van der Waals surface area contributed by atoms with Crippen molar-refractivity contribution in [2.24, 2.45) is 0 Å². The number of halogens is 1. The number of benzene rings is 1. The molecule has 1 fully saturated rings. The maximum atomic E-state index is 13.0. The molecule has 0 spiro atoms. The fraction of sp³-hybridized carbons (Fsp3) is 0.400. The van der Waals surface area contributed by atoms with Crippen LogP contribution in [0.2, 0.25) is 0 Å². The molecule has 0 unspecified atom stereocenters. The Morgan fingerprint density at radius 3 is 2.86 bits per heavy atom. The summed E-state index contributed by atoms with van der Waals surface area (Å²) in [6.07, 6.45) is 3.28. The Hall–Kier alpha value is -2.28. The SMILES string of the molecule is O=C(c1ncn[nH]1)N(Cc1ccc(F)cc1)C[C@@H]1CCCO1. The van der Waals surface area contributed by atoms with E-state index in [1.54, 1.807) is 17.0 Å². The molecular formula is C15H17FN4O2. The molecule has 2 heterocycles. The number of carbonyl (C=O) groups is 1. The lowest BCUT2D eigenvalue weighted by atomic mass is 10.1. The van der Waals surface area contributed by atoms with Gasteiger partial charge in [-0.05, 0) is 30.5 Å². The average molecular weight is 304 g/mol. The first-order chi connectivity index (χ1) is 10.7. The molecule has 1 aromatic heterocycles. The molecule has 1 aliphatic heterocycles. The van der Waals surface area contributed by atoms with Crippen LogP contribution < -0.4 is 0 Å². The Bertz CT molecular complexity index is 609. The number of nitrogens with one attached hydrogen (secondary N) is 1. The first kappa shape index (κ1) is 14.6. The quantitative estimate of drug-likeness (QED) is 0.914. The average Bonchev–Trinajstić information content (AvgIpc) is 3.21. The third-order valence-electron chi connectivity index (χ3n) is 3.64. The molecule has 1 amide bonds. The van der Waals surface area contributed by atoms with E-state index in [2.05, 4.69) is 15.2 Å². The molecule has 3 rings (SSSR count). The van der Waals surface area contributed by atoms with Crippen LogP contribution in [0, 0.1) is 5.82 Å². The van der Waals surface area contributed by atoms with E-state index in [9.17, 15) is 9.18 Å². The first-order valence-corrected chi connectivity index (χ1v) is 7.23. The number of rotatable bonds is 5. The van der Waals surface area contributed by atoms with E-state index >= 15 is 0 Å². The van der Waals surface area contributed by atoms with Crippen LogP contribution >= 0.6 is 0 Å². The van der Waals surface area contributed by atoms with Gasteiger partial charge in [0.2, 0.25) is 5.82 Å². The molecule has 1 aliphatic rings. The molecule has 1 N–H and O–H groups in total. The van der Waals surface area contributed by atoms with Crippen molar-refractivity contribution in [3.05, 3.63) is 47.8 Å². The highest BCUT2D eigenvalue weighted by Crippen LogP contribution is 2.16. The fourth-order valence-corrected chi connectivity index (χ4v) is 2.52. The monoisotopic (exact) mass is 304 g/mol. The van der Waals surface area contributed by atoms with Gasteiger partial charge in [0.15, 0.2) is 0 Å². The molecule has 0 radical (unpaired) electrons. The molecule has 22 heavy (non-hydrogen) atoms. The Kier molecular flexibility index (Phi) is 4.43. The van der Waals surface area contributed by atoms with Gasteiger partial charge in [0, 0.05) is 19.7 Å². The number of hydrogen-bond acceptors (Lipinski definition) is 4. The van der Waals surface area contributed by atoms with Crippen molar-refractivity contribution in [1.82, 2.24) is 20.1 Å². The summed E-state index contributed by atoms with van der Waals surface area (Å²) >= 11 is 0. The molecule has 7 heteroatoms. The highest BCUT2D eigenvalue weighted by Gasteiger charge is 2.25. The van der Waals surface area contributed by atoms with Crippen molar-refractivity contribution in [3.63, 3.8) is 0 Å². The number of aromatic nitrogens is 3. The van der Waals surface area contributed by atoms with Gasteiger partial charge >= 0.3 is 0 Å². The molecule has 0 aliphatic carbocycles. The number of carbonyl (C=O) groups excluding carboxylic acids is 1. The van der Waals surface area contributed by atoms with Crippen LogP contribution in [-0.2, 0) is 11.3 Å². The predicted octanol–water partition coefficient (Wildman–Crippen LogP) is 1.77. The van der Waals surface area contributed by atoms with Crippen LogP contribution in [0.3, 0.4) is 0 Å². The van der Waals surface area contributed by atoms with Crippen molar-refractivity contribution in [1.29, 1.82) is 0 Å². The molecule has 0 bridgehead atoms. The number of ether oxygens (including phenoxy) is 1. The first-order valence-electron chi connectivity index (χ1n) is 7.23. The Morgan fingerprint density at radius 1 is 1.41 bits per heavy atom. The lowest BCUT2D eigenvalue weighted by molar-refractivity contribution is 0.0498. The number of nitrogens with zero attached hydrogens (tertiary/aromatic N) is 3. The largest absolute Gasteiger partial charge is 0.376 e. The van der Waals surface area contributed by atoms with E-state index in [0.717, 1.165) is 25.0 Å². The Labute approximate surface area is 127 Å². The normalized spacial score (nSPS) is 17.6. The van der Waals surface area contributed by atoms with Crippen molar-refractivity contribution in [2.45, 2.75) is 25.5 Å². The second-order valence-corrected chi connectivity index (χ2v) is 5.28. The van der Waals surface area contributed by atoms with Crippen molar-refractivity contribution < 1.29 is 13.9 Å². The lowest BCUT2D eigenvalue weighted by Crippen LogP contribution is -2.37. The van der Waals surface area contributed by atoms with Gasteiger partial charge in [0.1, 0.15) is 12.1 Å². The summed E-state index contributed by atoms with van der Waals surface area (Å²) in [5.41, 5.74) is 0.854. The Balaban J connectivity index is 1.75. The summed E-state index contributed by atoms with van der Waals surface area (Å²) in [7, 11) is 0. The van der Waals surface area contributed by atoms with E-state index in [1.165, 1.54) is 18.5 Å². The topological polar surface area (TPSA) is 71.1 Å². The Morgan fingerprint density at radius 2 is 2.23 bits per heavy atom. The third-order valence-corrected chi connectivity index (χ3v) is 3.64. The molecule has 2 aromatic rings. The van der Waals surface area contributed by atoms with E-state index in [-0.39, 0.29) is 23.7 Å². The minimum absolute atomic E-state index is 0.0346. The van der Waals surface area contributed by atoms with E-state index in [0.29, 0.717) is 13.1 Å². The highest BCUT2D eigenvalue weighted by molar-refractivity contribution is 5.90. The van der Waals surface area contributed by atoms with Crippen LogP contribution in [-0.4, -0.2) is 45.2 Å². The molecule has 1 atom stereocenters. The summed E-state index contributed by atoms with van der Waals surface area (Å²) in [4.78, 5) is 18.1. The van der Waals surface area contributed by atoms with E-state index < -0.39 is 0 Å². The second-order valence-electron chi connectivity index (χ2n) is 5.28. The summed E-state index contributed by atoms with van der Waals surface area (Å²) in [6, 6.07) is 6.12. The van der Waals surface area contributed by atoms with Gasteiger partial charge in [0.25, 0.3) is 5.91 Å². The van der Waals surface area contributed by atoms with Gasteiger partial charge in [-0.2, -0.15) is 5.10 Å². The molecule has 0 saturated carbocycles. The molecule has 116 valence electrons. The second kappa shape index (κ2) is 6.65. The minimum Gasteiger partial charge on any atom is -0.376 e. The maximum Gasteiger partial charge on any atom is 0.291 e. The zero-order valence-electron chi connectivity index (χ0n) is 12.0. The summed E-state index contributed by atoms with van der Waals surface area (Å²) in [5.74, 6) is -0.339. The van der Waals surface area contributed by atoms with Crippen molar-refractivity contribution >= 4 is 5.91 Å². The van der Waals surface area contributed by atoms with Gasteiger partial charge in [0.05, 0.1) is 6.10 Å². The van der Waals surface area contributed by atoms with Gasteiger partial charge in [-0.25, -0.2) is 9.37 Å². The van der Waals surface area contributed by atoms with Crippen LogP contribution in [0.5, 0.6) is 0 Å². The van der Waals surface area contributed by atoms with Crippen LogP contribution in [0.25, 0.3) is 0 Å². The van der Waals surface area contributed by atoms with Crippen LogP contribution in [0.15, 0.2) is 30.6 Å². The van der Waals surface area contributed by atoms with Crippen LogP contribution in [0.4, 0.5) is 4.39 Å². The fourth-order valence-electron chi connectivity index (χ4n) is 2.52. The number of aromatic amines is 1. The molecule has 1 saturated heterocycles. The van der Waals surface area contributed by atoms with Gasteiger partial charge in [-0.1, -0.05) is 12.1 Å². The van der Waals surface area contributed by atoms with Gasteiger partial charge in [-0.15, -0.1) is 0 Å². The molecular weight excluding hydrogens is 287 g/mol. The van der Waals surface area contributed by atoms with Gasteiger partial charge in [-0.3, -0.25) is 9.89 Å². The van der Waals surface area contributed by atoms with Crippen molar-refractivity contribution in [2.75, 3.05) is 13.2 Å². The standard InChI is InChI=1S/C15H17FN4O2/c16-12-5-3-11(4-6-12)8-20(9-13-2-1-7-22-13)15(21)14-17-10-18-19-14/h3-6,10,13H,1-2,7-9H2,(H,17,18,19)/t13-/m0/s1. The third kappa shape index (κ3) is 3.48. The number of hydrogen-bond donors (Lipinski definition) is 1. The summed E-state index contributed by atoms with van der Waals surface area (Å²) < 4.78 is 18.6. The predicted molar refractivity (Wildman–Crippen MR) is 76.5 cm³/mol. The molecule has 1 aromatic carbocycles. The lowest BCUT2D eigenvalue weighted by Gasteiger charge is -2.24. The highest BCUT2D eigenvalue weighted by atomic mass is 19.1. The van der Waals surface area contributed by atoms with Crippen LogP contribution in [0.1, 0.15) is 29.0 Å². The maximum absolute atomic E-state index is 13.0. The van der Waals surface area contributed by atoms with E-state index in [4.69, 9.17) is 4.74 Å². The number of amides is 1. The van der Waals surface area contributed by atoms with Crippen molar-refractivity contribution in [3.8, 4) is 0 Å². The van der Waals surface area contributed by atoms with Gasteiger partial charge < -0.3 is 9.64 Å². The minimum atomic E-state index is -0.295.